The molecule has 2 nitrogen and oxygen atoms in total. The third kappa shape index (κ3) is 3.23. The summed E-state index contributed by atoms with van der Waals surface area (Å²) < 4.78 is 2.49. The third-order valence-corrected chi connectivity index (χ3v) is 10.3. The first-order valence-corrected chi connectivity index (χ1v) is 15.4. The van der Waals surface area contributed by atoms with E-state index >= 15 is 0 Å². The van der Waals surface area contributed by atoms with E-state index in [9.17, 15) is 0 Å². The third-order valence-electron chi connectivity index (χ3n) is 9.15. The second-order valence-electron chi connectivity index (χ2n) is 11.8. The molecular weight excluding hydrogens is 529 g/mol. The highest BCUT2D eigenvalue weighted by atomic mass is 32.2. The van der Waals surface area contributed by atoms with E-state index in [0.29, 0.717) is 0 Å². The van der Waals surface area contributed by atoms with Gasteiger partial charge in [0.05, 0.1) is 28.1 Å². The average Bonchev–Trinajstić information content (AvgIpc) is 3.37. The highest BCUT2D eigenvalue weighted by Crippen LogP contribution is 2.53. The normalized spacial score (nSPS) is 14.5. The fourth-order valence-electron chi connectivity index (χ4n) is 7.13. The molecule has 42 heavy (non-hydrogen) atoms. The Morgan fingerprint density at radius 2 is 1.21 bits per heavy atom. The van der Waals surface area contributed by atoms with Crippen molar-refractivity contribution in [1.82, 2.24) is 4.57 Å². The van der Waals surface area contributed by atoms with Gasteiger partial charge in [-0.15, -0.1) is 0 Å². The van der Waals surface area contributed by atoms with Crippen LogP contribution >= 0.6 is 11.8 Å². The minimum Gasteiger partial charge on any atom is -0.309 e. The van der Waals surface area contributed by atoms with Crippen molar-refractivity contribution in [3.05, 3.63) is 145 Å². The molecule has 0 bridgehead atoms. The Morgan fingerprint density at radius 3 is 2.10 bits per heavy atom. The maximum absolute atomic E-state index is 2.49. The molecule has 2 aliphatic heterocycles. The molecule has 3 heteroatoms. The van der Waals surface area contributed by atoms with E-state index in [2.05, 4.69) is 157 Å². The molecule has 3 heterocycles. The molecule has 0 saturated heterocycles. The first kappa shape index (κ1) is 23.9. The molecule has 0 aliphatic carbocycles. The summed E-state index contributed by atoms with van der Waals surface area (Å²) in [7, 11) is 0. The zero-order valence-corrected chi connectivity index (χ0v) is 24.3. The molecule has 0 fully saturated rings. The predicted molar refractivity (Wildman–Crippen MR) is 177 cm³/mol. The molecule has 0 atom stereocenters. The molecule has 9 rings (SSSR count). The molecule has 0 spiro atoms. The summed E-state index contributed by atoms with van der Waals surface area (Å²) in [5.74, 6) is 0. The molecule has 0 N–H and O–H groups in total. The number of rotatable bonds is 2. The molecule has 7 aromatic rings. The van der Waals surface area contributed by atoms with Gasteiger partial charge in [-0.25, -0.2) is 0 Å². The Bertz CT molecular complexity index is 2210. The Hall–Kier alpha value is -4.73. The smallest absolute Gasteiger partial charge is 0.0607 e. The lowest BCUT2D eigenvalue weighted by molar-refractivity contribution is 0.630. The van der Waals surface area contributed by atoms with Crippen LogP contribution in [0.2, 0.25) is 0 Å². The van der Waals surface area contributed by atoms with Crippen molar-refractivity contribution in [3.63, 3.8) is 0 Å². The number of fused-ring (bicyclic) bond motifs is 7. The van der Waals surface area contributed by atoms with E-state index in [1.165, 1.54) is 76.6 Å². The maximum atomic E-state index is 2.49. The number of benzene rings is 6. The maximum Gasteiger partial charge on any atom is 0.0607 e. The van der Waals surface area contributed by atoms with E-state index in [1.807, 2.05) is 11.8 Å². The van der Waals surface area contributed by atoms with Gasteiger partial charge in [0.2, 0.25) is 0 Å². The molecule has 200 valence electrons. The fourth-order valence-corrected chi connectivity index (χ4v) is 8.17. The average molecular weight is 557 g/mol. The largest absolute Gasteiger partial charge is 0.309 e. The standard InChI is InChI=1S/C39H28N2S/c1-39(2)30-14-6-7-16-33(30)41-32-21-19-25(23-29(32)28-13-10-15-31(39)38(28)41)26-20-22-37-35(24-26)40(27-11-4-3-5-12-27)34-17-8-9-18-36(34)42-37/h3-24H,1-2H3. The van der Waals surface area contributed by atoms with Gasteiger partial charge in [0.1, 0.15) is 0 Å². The number of para-hydroxylation sites is 4. The van der Waals surface area contributed by atoms with Crippen LogP contribution in [-0.4, -0.2) is 4.57 Å². The Kier molecular flexibility index (Phi) is 4.92. The monoisotopic (exact) mass is 556 g/mol. The summed E-state index contributed by atoms with van der Waals surface area (Å²) in [5, 5.41) is 2.62. The lowest BCUT2D eigenvalue weighted by atomic mass is 9.75. The van der Waals surface area contributed by atoms with Crippen LogP contribution < -0.4 is 4.90 Å². The second-order valence-corrected chi connectivity index (χ2v) is 12.9. The lowest BCUT2D eigenvalue weighted by Crippen LogP contribution is -2.26. The van der Waals surface area contributed by atoms with Crippen LogP contribution in [-0.2, 0) is 5.41 Å². The van der Waals surface area contributed by atoms with Gasteiger partial charge >= 0.3 is 0 Å². The fraction of sp³-hybridized carbons (Fsp3) is 0.0769. The van der Waals surface area contributed by atoms with Crippen molar-refractivity contribution in [2.45, 2.75) is 29.1 Å². The number of nitrogens with zero attached hydrogens (tertiary/aromatic N) is 2. The summed E-state index contributed by atoms with van der Waals surface area (Å²) in [6, 6.07) is 49.1. The highest BCUT2D eigenvalue weighted by Gasteiger charge is 2.34. The molecule has 0 radical (unpaired) electrons. The van der Waals surface area contributed by atoms with Gasteiger partial charge in [-0.1, -0.05) is 104 Å². The summed E-state index contributed by atoms with van der Waals surface area (Å²) in [6.07, 6.45) is 0. The van der Waals surface area contributed by atoms with Gasteiger partial charge in [0.25, 0.3) is 0 Å². The van der Waals surface area contributed by atoms with E-state index < -0.39 is 0 Å². The van der Waals surface area contributed by atoms with Crippen molar-refractivity contribution in [3.8, 4) is 16.8 Å². The van der Waals surface area contributed by atoms with Crippen LogP contribution in [0.15, 0.2) is 143 Å². The Balaban J connectivity index is 1.26. The summed E-state index contributed by atoms with van der Waals surface area (Å²) in [6.45, 7) is 4.71. The van der Waals surface area contributed by atoms with Gasteiger partial charge in [-0.3, -0.25) is 0 Å². The lowest BCUT2D eigenvalue weighted by Gasteiger charge is -2.34. The number of aromatic nitrogens is 1. The molecule has 1 aromatic heterocycles. The van der Waals surface area contributed by atoms with E-state index in [4.69, 9.17) is 0 Å². The number of hydrogen-bond acceptors (Lipinski definition) is 2. The Labute approximate surface area is 249 Å². The van der Waals surface area contributed by atoms with Gasteiger partial charge < -0.3 is 9.47 Å². The molecule has 6 aromatic carbocycles. The van der Waals surface area contributed by atoms with Gasteiger partial charge in [0, 0.05) is 31.7 Å². The molecule has 2 aliphatic rings. The van der Waals surface area contributed by atoms with E-state index in [1.54, 1.807) is 0 Å². The minimum atomic E-state index is -0.0589. The van der Waals surface area contributed by atoms with Crippen LogP contribution in [0.1, 0.15) is 25.0 Å². The number of anilines is 3. The quantitative estimate of drug-likeness (QED) is 0.209. The van der Waals surface area contributed by atoms with E-state index in [-0.39, 0.29) is 5.41 Å². The SMILES string of the molecule is CC1(C)c2ccccc2-n2c3ccc(-c4ccc5c(c4)N(c4ccccc4)c4ccccc4S5)cc3c3cccc1c32. The van der Waals surface area contributed by atoms with Crippen LogP contribution in [0.3, 0.4) is 0 Å². The van der Waals surface area contributed by atoms with Crippen LogP contribution in [0.25, 0.3) is 38.6 Å². The Morgan fingerprint density at radius 1 is 0.524 bits per heavy atom. The molecule has 0 unspecified atom stereocenters. The molecule has 0 amide bonds. The summed E-state index contributed by atoms with van der Waals surface area (Å²) in [5.41, 5.74) is 12.7. The van der Waals surface area contributed by atoms with Crippen molar-refractivity contribution in [2.75, 3.05) is 4.90 Å². The molecular formula is C39H28N2S. The minimum absolute atomic E-state index is 0.0589. The summed E-state index contributed by atoms with van der Waals surface area (Å²) in [4.78, 5) is 4.96. The zero-order valence-electron chi connectivity index (χ0n) is 23.5. The van der Waals surface area contributed by atoms with Crippen molar-refractivity contribution >= 4 is 50.6 Å². The topological polar surface area (TPSA) is 8.17 Å². The second kappa shape index (κ2) is 8.64. The first-order valence-electron chi connectivity index (χ1n) is 14.5. The molecule has 0 saturated carbocycles. The highest BCUT2D eigenvalue weighted by molar-refractivity contribution is 7.99. The van der Waals surface area contributed by atoms with Gasteiger partial charge in [-0.2, -0.15) is 0 Å². The van der Waals surface area contributed by atoms with Crippen LogP contribution in [0.4, 0.5) is 17.1 Å². The van der Waals surface area contributed by atoms with Crippen molar-refractivity contribution in [1.29, 1.82) is 0 Å². The van der Waals surface area contributed by atoms with E-state index in [0.717, 1.165) is 0 Å². The predicted octanol–water partition coefficient (Wildman–Crippen LogP) is 11.0. The van der Waals surface area contributed by atoms with Gasteiger partial charge in [-0.05, 0) is 76.9 Å². The zero-order chi connectivity index (χ0) is 28.0. The first-order chi connectivity index (χ1) is 20.6. The number of hydrogen-bond donors (Lipinski definition) is 0. The van der Waals surface area contributed by atoms with Crippen molar-refractivity contribution < 1.29 is 0 Å². The van der Waals surface area contributed by atoms with Crippen LogP contribution in [0.5, 0.6) is 0 Å². The van der Waals surface area contributed by atoms with Gasteiger partial charge in [0.15, 0.2) is 0 Å². The van der Waals surface area contributed by atoms with Crippen LogP contribution in [0, 0.1) is 0 Å². The van der Waals surface area contributed by atoms with Crippen molar-refractivity contribution in [2.24, 2.45) is 0 Å². The summed E-state index contributed by atoms with van der Waals surface area (Å²) >= 11 is 1.85.